The van der Waals surface area contributed by atoms with Gasteiger partial charge < -0.3 is 10.1 Å². The van der Waals surface area contributed by atoms with E-state index in [4.69, 9.17) is 4.74 Å². The highest BCUT2D eigenvalue weighted by molar-refractivity contribution is 5.47. The summed E-state index contributed by atoms with van der Waals surface area (Å²) in [7, 11) is 1.78. The molecule has 2 atom stereocenters. The van der Waals surface area contributed by atoms with Crippen LogP contribution in [0.3, 0.4) is 0 Å². The van der Waals surface area contributed by atoms with Crippen LogP contribution in [0, 0.1) is 19.8 Å². The first-order chi connectivity index (χ1) is 8.15. The SMILES string of the molecule is COc1c(C2NCCCC2C)ccc(C)c1C. The van der Waals surface area contributed by atoms with Crippen LogP contribution in [0.15, 0.2) is 12.1 Å². The second-order valence-corrected chi connectivity index (χ2v) is 5.18. The van der Waals surface area contributed by atoms with Crippen molar-refractivity contribution in [2.24, 2.45) is 5.92 Å². The fraction of sp³-hybridized carbons (Fsp3) is 0.600. The molecule has 1 aliphatic heterocycles. The van der Waals surface area contributed by atoms with Crippen molar-refractivity contribution in [3.8, 4) is 5.75 Å². The number of aryl methyl sites for hydroxylation is 1. The maximum Gasteiger partial charge on any atom is 0.126 e. The first kappa shape index (κ1) is 12.4. The molecule has 1 heterocycles. The largest absolute Gasteiger partial charge is 0.496 e. The molecular weight excluding hydrogens is 210 g/mol. The zero-order valence-electron chi connectivity index (χ0n) is 11.3. The molecule has 1 aliphatic rings. The molecule has 0 radical (unpaired) electrons. The van der Waals surface area contributed by atoms with Gasteiger partial charge in [0, 0.05) is 11.6 Å². The van der Waals surface area contributed by atoms with Crippen molar-refractivity contribution in [3.63, 3.8) is 0 Å². The molecule has 1 aromatic rings. The van der Waals surface area contributed by atoms with Gasteiger partial charge >= 0.3 is 0 Å². The van der Waals surface area contributed by atoms with E-state index in [0.717, 1.165) is 12.3 Å². The van der Waals surface area contributed by atoms with Gasteiger partial charge in [0.1, 0.15) is 5.75 Å². The number of rotatable bonds is 2. The average molecular weight is 233 g/mol. The van der Waals surface area contributed by atoms with Crippen LogP contribution in [0.5, 0.6) is 5.75 Å². The quantitative estimate of drug-likeness (QED) is 0.845. The second-order valence-electron chi connectivity index (χ2n) is 5.18. The van der Waals surface area contributed by atoms with Gasteiger partial charge in [0.25, 0.3) is 0 Å². The summed E-state index contributed by atoms with van der Waals surface area (Å²) in [5.41, 5.74) is 3.89. The highest BCUT2D eigenvalue weighted by atomic mass is 16.5. The van der Waals surface area contributed by atoms with E-state index in [1.165, 1.54) is 29.5 Å². The number of nitrogens with one attached hydrogen (secondary N) is 1. The molecule has 2 nitrogen and oxygen atoms in total. The topological polar surface area (TPSA) is 21.3 Å². The number of benzene rings is 1. The Morgan fingerprint density at radius 1 is 1.29 bits per heavy atom. The number of hydrogen-bond acceptors (Lipinski definition) is 2. The molecule has 1 fully saturated rings. The van der Waals surface area contributed by atoms with Crippen molar-refractivity contribution in [3.05, 3.63) is 28.8 Å². The molecule has 17 heavy (non-hydrogen) atoms. The van der Waals surface area contributed by atoms with Crippen molar-refractivity contribution in [2.75, 3.05) is 13.7 Å². The minimum absolute atomic E-state index is 0.443. The van der Waals surface area contributed by atoms with Gasteiger partial charge in [-0.3, -0.25) is 0 Å². The summed E-state index contributed by atoms with van der Waals surface area (Å²) in [6.07, 6.45) is 2.58. The lowest BCUT2D eigenvalue weighted by molar-refractivity contribution is 0.295. The van der Waals surface area contributed by atoms with Crippen LogP contribution in [0.2, 0.25) is 0 Å². The Morgan fingerprint density at radius 3 is 2.71 bits per heavy atom. The van der Waals surface area contributed by atoms with E-state index in [2.05, 4.69) is 38.2 Å². The van der Waals surface area contributed by atoms with Gasteiger partial charge in [-0.15, -0.1) is 0 Å². The van der Waals surface area contributed by atoms with Gasteiger partial charge in [0.2, 0.25) is 0 Å². The molecule has 1 saturated heterocycles. The molecule has 0 bridgehead atoms. The lowest BCUT2D eigenvalue weighted by Gasteiger charge is -2.32. The summed E-state index contributed by atoms with van der Waals surface area (Å²) in [5.74, 6) is 1.75. The van der Waals surface area contributed by atoms with Crippen molar-refractivity contribution >= 4 is 0 Å². The van der Waals surface area contributed by atoms with E-state index >= 15 is 0 Å². The number of hydrogen-bond donors (Lipinski definition) is 1. The smallest absolute Gasteiger partial charge is 0.126 e. The number of methoxy groups -OCH3 is 1. The van der Waals surface area contributed by atoms with Crippen molar-refractivity contribution < 1.29 is 4.74 Å². The maximum absolute atomic E-state index is 5.62. The summed E-state index contributed by atoms with van der Waals surface area (Å²) in [4.78, 5) is 0. The van der Waals surface area contributed by atoms with Crippen LogP contribution in [0.25, 0.3) is 0 Å². The molecule has 2 rings (SSSR count). The molecule has 1 N–H and O–H groups in total. The van der Waals surface area contributed by atoms with Gasteiger partial charge in [0.05, 0.1) is 7.11 Å². The first-order valence-corrected chi connectivity index (χ1v) is 6.52. The molecule has 0 aliphatic carbocycles. The third-order valence-electron chi connectivity index (χ3n) is 4.02. The predicted octanol–water partition coefficient (Wildman–Crippen LogP) is 3.37. The lowest BCUT2D eigenvalue weighted by atomic mass is 9.86. The normalized spacial score (nSPS) is 24.7. The van der Waals surface area contributed by atoms with Gasteiger partial charge in [-0.05, 0) is 50.3 Å². The Hall–Kier alpha value is -1.02. The summed E-state index contributed by atoms with van der Waals surface area (Å²) in [6, 6.07) is 4.87. The van der Waals surface area contributed by atoms with Crippen molar-refractivity contribution in [1.82, 2.24) is 5.32 Å². The van der Waals surface area contributed by atoms with Crippen LogP contribution in [0.4, 0.5) is 0 Å². The second kappa shape index (κ2) is 5.09. The van der Waals surface area contributed by atoms with Gasteiger partial charge in [-0.25, -0.2) is 0 Å². The predicted molar refractivity (Wildman–Crippen MR) is 71.6 cm³/mol. The third-order valence-corrected chi connectivity index (χ3v) is 4.02. The van der Waals surface area contributed by atoms with E-state index in [-0.39, 0.29) is 0 Å². The molecule has 0 aromatic heterocycles. The van der Waals surface area contributed by atoms with Crippen molar-refractivity contribution in [2.45, 2.75) is 39.7 Å². The molecule has 2 heteroatoms. The van der Waals surface area contributed by atoms with Crippen LogP contribution >= 0.6 is 0 Å². The van der Waals surface area contributed by atoms with Gasteiger partial charge in [-0.2, -0.15) is 0 Å². The number of ether oxygens (including phenoxy) is 1. The Morgan fingerprint density at radius 2 is 2.06 bits per heavy atom. The standard InChI is InChI=1S/C15H23NO/c1-10-7-8-13(15(17-4)12(10)3)14-11(2)6-5-9-16-14/h7-8,11,14,16H,5-6,9H2,1-4H3. The minimum Gasteiger partial charge on any atom is -0.496 e. The zero-order valence-corrected chi connectivity index (χ0v) is 11.3. The molecule has 1 aromatic carbocycles. The van der Waals surface area contributed by atoms with Crippen molar-refractivity contribution in [1.29, 1.82) is 0 Å². The Balaban J connectivity index is 2.40. The fourth-order valence-corrected chi connectivity index (χ4v) is 2.79. The summed E-state index contributed by atoms with van der Waals surface area (Å²) in [5, 5.41) is 3.63. The number of piperidine rings is 1. The first-order valence-electron chi connectivity index (χ1n) is 6.52. The lowest BCUT2D eigenvalue weighted by Crippen LogP contribution is -2.33. The summed E-state index contributed by atoms with van der Waals surface area (Å²) in [6.45, 7) is 7.72. The Kier molecular flexibility index (Phi) is 3.72. The summed E-state index contributed by atoms with van der Waals surface area (Å²) < 4.78 is 5.62. The van der Waals surface area contributed by atoms with Crippen LogP contribution < -0.4 is 10.1 Å². The highest BCUT2D eigenvalue weighted by Gasteiger charge is 2.25. The molecule has 2 unspecified atom stereocenters. The van der Waals surface area contributed by atoms with Gasteiger partial charge in [0.15, 0.2) is 0 Å². The van der Waals surface area contributed by atoms with Gasteiger partial charge in [-0.1, -0.05) is 19.1 Å². The maximum atomic E-state index is 5.62. The Labute approximate surface area is 104 Å². The fourth-order valence-electron chi connectivity index (χ4n) is 2.79. The highest BCUT2D eigenvalue weighted by Crippen LogP contribution is 2.37. The van der Waals surface area contributed by atoms with E-state index in [9.17, 15) is 0 Å². The van der Waals surface area contributed by atoms with Crippen LogP contribution in [-0.4, -0.2) is 13.7 Å². The van der Waals surface area contributed by atoms with E-state index < -0.39 is 0 Å². The summed E-state index contributed by atoms with van der Waals surface area (Å²) >= 11 is 0. The molecule has 0 amide bonds. The van der Waals surface area contributed by atoms with Crippen LogP contribution in [0.1, 0.15) is 42.5 Å². The van der Waals surface area contributed by atoms with Crippen LogP contribution in [-0.2, 0) is 0 Å². The Bertz CT molecular complexity index is 400. The molecular formula is C15H23NO. The van der Waals surface area contributed by atoms with E-state index in [0.29, 0.717) is 12.0 Å². The third kappa shape index (κ3) is 2.32. The van der Waals surface area contributed by atoms with E-state index in [1.807, 2.05) is 0 Å². The monoisotopic (exact) mass is 233 g/mol. The minimum atomic E-state index is 0.443. The molecule has 0 spiro atoms. The molecule has 0 saturated carbocycles. The zero-order chi connectivity index (χ0) is 12.4. The molecule has 94 valence electrons. The van der Waals surface area contributed by atoms with E-state index in [1.54, 1.807) is 7.11 Å². The average Bonchev–Trinajstić information content (AvgIpc) is 2.33.